The highest BCUT2D eigenvalue weighted by atomic mass is 19.1. The fourth-order valence-electron chi connectivity index (χ4n) is 4.11. The van der Waals surface area contributed by atoms with Crippen molar-refractivity contribution in [3.8, 4) is 0 Å². The number of aryl methyl sites for hydroxylation is 3. The van der Waals surface area contributed by atoms with Crippen molar-refractivity contribution in [2.24, 2.45) is 7.05 Å². The Hall–Kier alpha value is -3.16. The zero-order chi connectivity index (χ0) is 20.7. The maximum absolute atomic E-state index is 13.1. The van der Waals surface area contributed by atoms with Gasteiger partial charge in [0, 0.05) is 50.4 Å². The van der Waals surface area contributed by atoms with Crippen LogP contribution in [0.2, 0.25) is 0 Å². The van der Waals surface area contributed by atoms with E-state index in [0.29, 0.717) is 31.8 Å². The monoisotopic (exact) mass is 397 g/mol. The summed E-state index contributed by atoms with van der Waals surface area (Å²) < 4.78 is 16.3. The molecule has 1 amide bonds. The highest BCUT2D eigenvalue weighted by molar-refractivity contribution is 5.84. The number of pyridine rings is 1. The molecule has 29 heavy (non-hydrogen) atoms. The summed E-state index contributed by atoms with van der Waals surface area (Å²) in [5.41, 5.74) is 3.13. The minimum Gasteiger partial charge on any atom is -0.368 e. The van der Waals surface area contributed by atoms with Gasteiger partial charge in [-0.2, -0.15) is 5.10 Å². The number of amides is 1. The van der Waals surface area contributed by atoms with Crippen molar-refractivity contribution in [3.63, 3.8) is 0 Å². The number of piperazine rings is 1. The fraction of sp³-hybridized carbons (Fsp3) is 0.381. The predicted molar refractivity (Wildman–Crippen MR) is 110 cm³/mol. The van der Waals surface area contributed by atoms with E-state index in [2.05, 4.69) is 10.00 Å². The third kappa shape index (κ3) is 3.50. The second-order valence-corrected chi connectivity index (χ2v) is 7.50. The van der Waals surface area contributed by atoms with E-state index in [-0.39, 0.29) is 23.8 Å². The molecule has 2 aromatic heterocycles. The first-order valence-corrected chi connectivity index (χ1v) is 9.67. The van der Waals surface area contributed by atoms with Gasteiger partial charge in [-0.3, -0.25) is 18.8 Å². The summed E-state index contributed by atoms with van der Waals surface area (Å²) >= 11 is 0. The molecule has 0 radical (unpaired) electrons. The highest BCUT2D eigenvalue weighted by Crippen LogP contribution is 2.20. The summed E-state index contributed by atoms with van der Waals surface area (Å²) in [6.45, 7) is 6.24. The van der Waals surface area contributed by atoms with Gasteiger partial charge in [0.05, 0.1) is 5.69 Å². The van der Waals surface area contributed by atoms with Crippen LogP contribution in [-0.4, -0.2) is 51.3 Å². The van der Waals surface area contributed by atoms with Crippen molar-refractivity contribution in [1.82, 2.24) is 19.2 Å². The van der Waals surface area contributed by atoms with Crippen LogP contribution >= 0.6 is 0 Å². The van der Waals surface area contributed by atoms with Crippen LogP contribution in [0.15, 0.2) is 35.1 Å². The Morgan fingerprint density at radius 3 is 2.41 bits per heavy atom. The molecule has 3 aromatic rings. The van der Waals surface area contributed by atoms with E-state index in [1.54, 1.807) is 34.8 Å². The first kappa shape index (κ1) is 19.2. The molecule has 1 aliphatic rings. The van der Waals surface area contributed by atoms with E-state index >= 15 is 0 Å². The summed E-state index contributed by atoms with van der Waals surface area (Å²) in [6, 6.07) is 7.95. The van der Waals surface area contributed by atoms with E-state index in [4.69, 9.17) is 0 Å². The molecule has 0 saturated carbocycles. The summed E-state index contributed by atoms with van der Waals surface area (Å²) in [7, 11) is 1.79. The topological polar surface area (TPSA) is 63.4 Å². The number of rotatable bonds is 3. The van der Waals surface area contributed by atoms with E-state index in [1.165, 1.54) is 16.7 Å². The normalized spacial score (nSPS) is 14.6. The Kier molecular flexibility index (Phi) is 4.86. The van der Waals surface area contributed by atoms with Crippen molar-refractivity contribution < 1.29 is 9.18 Å². The number of fused-ring (bicyclic) bond motifs is 1. The van der Waals surface area contributed by atoms with Crippen LogP contribution in [0, 0.1) is 19.7 Å². The van der Waals surface area contributed by atoms with Gasteiger partial charge in [-0.15, -0.1) is 0 Å². The molecule has 0 spiro atoms. The zero-order valence-electron chi connectivity index (χ0n) is 16.9. The molecule has 0 atom stereocenters. The molecule has 0 bridgehead atoms. The SMILES string of the molecule is Cc1cc(=O)n(CC(=O)N2CCN(c3ccc(F)cc3)CC2)c2c1c(C)nn2C. The standard InChI is InChI=1S/C21H24FN5O2/c1-14-12-18(28)27(21-20(14)15(2)23-24(21)3)13-19(29)26-10-8-25(9-11-26)17-6-4-16(22)5-7-17/h4-7,12H,8-11,13H2,1-3H3. The van der Waals surface area contributed by atoms with Gasteiger partial charge in [0.25, 0.3) is 5.56 Å². The maximum atomic E-state index is 13.1. The molecule has 7 nitrogen and oxygen atoms in total. The minimum absolute atomic E-state index is 0.00879. The summed E-state index contributed by atoms with van der Waals surface area (Å²) in [4.78, 5) is 29.4. The van der Waals surface area contributed by atoms with Crippen LogP contribution in [-0.2, 0) is 18.4 Å². The number of nitrogens with zero attached hydrogens (tertiary/aromatic N) is 5. The quantitative estimate of drug-likeness (QED) is 0.677. The van der Waals surface area contributed by atoms with Crippen LogP contribution in [0.5, 0.6) is 0 Å². The lowest BCUT2D eigenvalue weighted by atomic mass is 10.1. The number of hydrogen-bond acceptors (Lipinski definition) is 4. The number of carbonyl (C=O) groups excluding carboxylic acids is 1. The number of halogens is 1. The number of hydrogen-bond donors (Lipinski definition) is 0. The van der Waals surface area contributed by atoms with Gasteiger partial charge in [-0.05, 0) is 43.7 Å². The predicted octanol–water partition coefficient (Wildman–Crippen LogP) is 1.84. The average molecular weight is 397 g/mol. The molecule has 8 heteroatoms. The molecule has 1 aromatic carbocycles. The molecule has 0 aliphatic carbocycles. The van der Waals surface area contributed by atoms with Gasteiger partial charge < -0.3 is 9.80 Å². The first-order chi connectivity index (χ1) is 13.8. The Morgan fingerprint density at radius 2 is 1.76 bits per heavy atom. The molecule has 0 N–H and O–H groups in total. The molecule has 1 saturated heterocycles. The van der Waals surface area contributed by atoms with Gasteiger partial charge in [0.1, 0.15) is 18.0 Å². The first-order valence-electron chi connectivity index (χ1n) is 9.67. The smallest absolute Gasteiger partial charge is 0.252 e. The van der Waals surface area contributed by atoms with Crippen molar-refractivity contribution in [1.29, 1.82) is 0 Å². The van der Waals surface area contributed by atoms with Gasteiger partial charge >= 0.3 is 0 Å². The Morgan fingerprint density at radius 1 is 1.10 bits per heavy atom. The second kappa shape index (κ2) is 7.35. The van der Waals surface area contributed by atoms with Crippen LogP contribution in [0.1, 0.15) is 11.3 Å². The van der Waals surface area contributed by atoms with Crippen molar-refractivity contribution >= 4 is 22.6 Å². The van der Waals surface area contributed by atoms with Crippen LogP contribution < -0.4 is 10.5 Å². The third-order valence-corrected chi connectivity index (χ3v) is 5.57. The van der Waals surface area contributed by atoms with Crippen LogP contribution in [0.3, 0.4) is 0 Å². The average Bonchev–Trinajstić information content (AvgIpc) is 3.00. The third-order valence-electron chi connectivity index (χ3n) is 5.57. The lowest BCUT2D eigenvalue weighted by Gasteiger charge is -2.36. The molecular weight excluding hydrogens is 373 g/mol. The van der Waals surface area contributed by atoms with E-state index in [1.807, 2.05) is 13.8 Å². The van der Waals surface area contributed by atoms with Gasteiger partial charge in [-0.1, -0.05) is 0 Å². The second-order valence-electron chi connectivity index (χ2n) is 7.50. The van der Waals surface area contributed by atoms with Crippen molar-refractivity contribution in [2.45, 2.75) is 20.4 Å². The molecule has 3 heterocycles. The van der Waals surface area contributed by atoms with E-state index in [0.717, 1.165) is 22.3 Å². The minimum atomic E-state index is -0.261. The number of aromatic nitrogens is 3. The largest absolute Gasteiger partial charge is 0.368 e. The summed E-state index contributed by atoms with van der Waals surface area (Å²) in [6.07, 6.45) is 0. The zero-order valence-corrected chi connectivity index (χ0v) is 16.9. The van der Waals surface area contributed by atoms with Gasteiger partial charge in [0.15, 0.2) is 0 Å². The Labute approximate surface area is 167 Å². The molecular formula is C21H24FN5O2. The fourth-order valence-corrected chi connectivity index (χ4v) is 4.11. The van der Waals surface area contributed by atoms with Crippen LogP contribution in [0.4, 0.5) is 10.1 Å². The number of anilines is 1. The number of benzene rings is 1. The molecule has 4 rings (SSSR count). The number of carbonyl (C=O) groups is 1. The molecule has 152 valence electrons. The lowest BCUT2D eigenvalue weighted by Crippen LogP contribution is -2.50. The van der Waals surface area contributed by atoms with E-state index in [9.17, 15) is 14.0 Å². The van der Waals surface area contributed by atoms with Gasteiger partial charge in [0.2, 0.25) is 5.91 Å². The Bertz CT molecular complexity index is 1120. The maximum Gasteiger partial charge on any atom is 0.252 e. The lowest BCUT2D eigenvalue weighted by molar-refractivity contribution is -0.132. The van der Waals surface area contributed by atoms with Crippen molar-refractivity contribution in [3.05, 3.63) is 57.8 Å². The van der Waals surface area contributed by atoms with Crippen molar-refractivity contribution in [2.75, 3.05) is 31.1 Å². The Balaban J connectivity index is 1.51. The van der Waals surface area contributed by atoms with Crippen LogP contribution in [0.25, 0.3) is 11.0 Å². The van der Waals surface area contributed by atoms with Gasteiger partial charge in [-0.25, -0.2) is 4.39 Å². The summed E-state index contributed by atoms with van der Waals surface area (Å²) in [5.74, 6) is -0.349. The van der Waals surface area contributed by atoms with E-state index < -0.39 is 0 Å². The molecule has 0 unspecified atom stereocenters. The summed E-state index contributed by atoms with van der Waals surface area (Å²) in [5, 5.41) is 5.34. The highest BCUT2D eigenvalue weighted by Gasteiger charge is 2.23. The molecule has 1 fully saturated rings. The molecule has 1 aliphatic heterocycles.